The number of ketones is 1. The largest absolute Gasteiger partial charge is 0.364 e. The van der Waals surface area contributed by atoms with Crippen molar-refractivity contribution < 1.29 is 26.7 Å². The maximum absolute atomic E-state index is 12.9. The number of alkyl halides is 4. The van der Waals surface area contributed by atoms with E-state index in [1.165, 1.54) is 6.07 Å². The van der Waals surface area contributed by atoms with Crippen molar-refractivity contribution in [3.63, 3.8) is 0 Å². The van der Waals surface area contributed by atoms with E-state index >= 15 is 0 Å². The molecule has 0 radical (unpaired) electrons. The van der Waals surface area contributed by atoms with Crippen molar-refractivity contribution in [3.8, 4) is 0 Å². The topological polar surface area (TPSA) is 17.1 Å². The number of carbonyl (C=O) groups excluding carboxylic acids is 1. The molecule has 0 fully saturated rings. The molecule has 0 bridgehead atoms. The quantitative estimate of drug-likeness (QED) is 0.776. The predicted molar refractivity (Wildman–Crippen MR) is 53.8 cm³/mol. The Hall–Kier alpha value is -0.980. The molecule has 0 aromatic heterocycles. The zero-order chi connectivity index (χ0) is 13.2. The van der Waals surface area contributed by atoms with Crippen LogP contribution in [0.5, 0.6) is 0 Å². The minimum Gasteiger partial charge on any atom is -0.292 e. The van der Waals surface area contributed by atoms with E-state index in [1.807, 2.05) is 0 Å². The van der Waals surface area contributed by atoms with Gasteiger partial charge in [0, 0.05) is 10.9 Å². The number of rotatable bonds is 4. The van der Waals surface area contributed by atoms with E-state index in [0.717, 1.165) is 12.1 Å². The highest BCUT2D eigenvalue weighted by Crippen LogP contribution is 2.26. The number of carbonyl (C=O) groups is 1. The van der Waals surface area contributed by atoms with Crippen LogP contribution in [0.2, 0.25) is 0 Å². The maximum Gasteiger partial charge on any atom is 0.364 e. The average molecular weight is 317 g/mol. The Morgan fingerprint density at radius 2 is 1.88 bits per heavy atom. The van der Waals surface area contributed by atoms with E-state index in [4.69, 9.17) is 0 Å². The van der Waals surface area contributed by atoms with Gasteiger partial charge in [0.2, 0.25) is 5.78 Å². The van der Waals surface area contributed by atoms with Crippen molar-refractivity contribution in [2.75, 3.05) is 0 Å². The molecule has 1 rings (SSSR count). The molecule has 0 saturated heterocycles. The fourth-order valence-electron chi connectivity index (χ4n) is 1.14. The Labute approximate surface area is 102 Å². The van der Waals surface area contributed by atoms with Crippen LogP contribution in [-0.2, 0) is 11.2 Å². The van der Waals surface area contributed by atoms with Gasteiger partial charge in [0.05, 0.1) is 0 Å². The smallest absolute Gasteiger partial charge is 0.292 e. The number of hydrogen-bond donors (Lipinski definition) is 0. The lowest BCUT2D eigenvalue weighted by Crippen LogP contribution is -2.37. The van der Waals surface area contributed by atoms with Gasteiger partial charge in [-0.25, -0.2) is 13.2 Å². The summed E-state index contributed by atoms with van der Waals surface area (Å²) in [4.78, 5) is 10.9. The van der Waals surface area contributed by atoms with Gasteiger partial charge in [-0.1, -0.05) is 15.9 Å². The fraction of sp³-hybridized carbons (Fsp3) is 0.300. The second kappa shape index (κ2) is 5.12. The van der Waals surface area contributed by atoms with Crippen LogP contribution < -0.4 is 0 Å². The van der Waals surface area contributed by atoms with Crippen molar-refractivity contribution in [3.05, 3.63) is 34.1 Å². The highest BCUT2D eigenvalue weighted by atomic mass is 79.9. The summed E-state index contributed by atoms with van der Waals surface area (Å²) in [6.45, 7) is 0. The van der Waals surface area contributed by atoms with Crippen molar-refractivity contribution in [2.24, 2.45) is 0 Å². The minimum atomic E-state index is -4.71. The standard InChI is InChI=1S/C10H6BrF5O/c11-6-1-5(2-7(12)4-6)3-8(17)10(15,16)9(13)14/h1-2,4,9H,3H2. The van der Waals surface area contributed by atoms with Gasteiger partial charge in [-0.05, 0) is 23.8 Å². The Morgan fingerprint density at radius 3 is 2.35 bits per heavy atom. The Morgan fingerprint density at radius 1 is 1.29 bits per heavy atom. The van der Waals surface area contributed by atoms with Crippen molar-refractivity contribution in [1.29, 1.82) is 0 Å². The lowest BCUT2D eigenvalue weighted by molar-refractivity contribution is -0.166. The molecule has 0 spiro atoms. The van der Waals surface area contributed by atoms with E-state index in [2.05, 4.69) is 15.9 Å². The second-order valence-electron chi connectivity index (χ2n) is 3.30. The summed E-state index contributed by atoms with van der Waals surface area (Å²) < 4.78 is 62.1. The first-order valence-corrected chi connectivity index (χ1v) is 5.17. The van der Waals surface area contributed by atoms with Crippen LogP contribution in [0, 0.1) is 5.82 Å². The molecule has 1 aromatic rings. The van der Waals surface area contributed by atoms with Gasteiger partial charge >= 0.3 is 12.3 Å². The van der Waals surface area contributed by atoms with Gasteiger partial charge in [0.15, 0.2) is 0 Å². The van der Waals surface area contributed by atoms with Crippen LogP contribution in [0.4, 0.5) is 22.0 Å². The van der Waals surface area contributed by atoms with Crippen LogP contribution in [0.1, 0.15) is 5.56 Å². The van der Waals surface area contributed by atoms with Gasteiger partial charge in [0.25, 0.3) is 0 Å². The van der Waals surface area contributed by atoms with Crippen molar-refractivity contribution in [1.82, 2.24) is 0 Å². The summed E-state index contributed by atoms with van der Waals surface area (Å²) in [7, 11) is 0. The first-order chi connectivity index (χ1) is 7.73. The fourth-order valence-corrected chi connectivity index (χ4v) is 1.65. The van der Waals surface area contributed by atoms with E-state index in [1.54, 1.807) is 0 Å². The van der Waals surface area contributed by atoms with E-state index < -0.39 is 30.4 Å². The molecule has 0 atom stereocenters. The van der Waals surface area contributed by atoms with Crippen molar-refractivity contribution in [2.45, 2.75) is 18.8 Å². The molecule has 7 heteroatoms. The number of benzene rings is 1. The first-order valence-electron chi connectivity index (χ1n) is 4.37. The normalized spacial score (nSPS) is 11.9. The third-order valence-electron chi connectivity index (χ3n) is 1.93. The molecule has 0 N–H and O–H groups in total. The van der Waals surface area contributed by atoms with Crippen LogP contribution in [0.3, 0.4) is 0 Å². The van der Waals surface area contributed by atoms with E-state index in [9.17, 15) is 26.7 Å². The molecular weight excluding hydrogens is 311 g/mol. The number of halogens is 6. The molecule has 0 unspecified atom stereocenters. The molecule has 1 nitrogen and oxygen atoms in total. The van der Waals surface area contributed by atoms with Crippen molar-refractivity contribution >= 4 is 21.7 Å². The summed E-state index contributed by atoms with van der Waals surface area (Å²) in [5.74, 6) is -7.40. The minimum absolute atomic E-state index is 0.0952. The lowest BCUT2D eigenvalue weighted by atomic mass is 10.0. The second-order valence-corrected chi connectivity index (χ2v) is 4.22. The number of hydrogen-bond acceptors (Lipinski definition) is 1. The molecule has 94 valence electrons. The Bertz CT molecular complexity index is 412. The van der Waals surface area contributed by atoms with Crippen LogP contribution in [-0.4, -0.2) is 18.1 Å². The molecule has 0 aliphatic rings. The lowest BCUT2D eigenvalue weighted by Gasteiger charge is -2.13. The highest BCUT2D eigenvalue weighted by molar-refractivity contribution is 9.10. The van der Waals surface area contributed by atoms with E-state index in [0.29, 0.717) is 0 Å². The molecule has 17 heavy (non-hydrogen) atoms. The molecule has 0 aliphatic carbocycles. The maximum atomic E-state index is 12.9. The molecule has 0 saturated carbocycles. The van der Waals surface area contributed by atoms with Gasteiger partial charge in [-0.15, -0.1) is 0 Å². The molecular formula is C10H6BrF5O. The summed E-state index contributed by atoms with van der Waals surface area (Å²) in [5.41, 5.74) is -0.0952. The zero-order valence-electron chi connectivity index (χ0n) is 8.19. The first kappa shape index (κ1) is 14.1. The monoisotopic (exact) mass is 316 g/mol. The molecule has 0 heterocycles. The van der Waals surface area contributed by atoms with Gasteiger partial charge in [0.1, 0.15) is 5.82 Å². The predicted octanol–water partition coefficient (Wildman–Crippen LogP) is 3.60. The van der Waals surface area contributed by atoms with Crippen LogP contribution >= 0.6 is 15.9 Å². The van der Waals surface area contributed by atoms with Gasteiger partial charge < -0.3 is 0 Å². The Balaban J connectivity index is 2.88. The third-order valence-corrected chi connectivity index (χ3v) is 2.39. The molecule has 0 amide bonds. The van der Waals surface area contributed by atoms with Gasteiger partial charge in [-0.3, -0.25) is 4.79 Å². The summed E-state index contributed by atoms with van der Waals surface area (Å²) >= 11 is 2.90. The van der Waals surface area contributed by atoms with Gasteiger partial charge in [-0.2, -0.15) is 8.78 Å². The Kier molecular flexibility index (Phi) is 4.24. The third kappa shape index (κ3) is 3.49. The zero-order valence-corrected chi connectivity index (χ0v) is 9.78. The van der Waals surface area contributed by atoms with E-state index in [-0.39, 0.29) is 10.0 Å². The number of Topliss-reactive ketones (excluding diaryl/α,β-unsaturated/α-hetero) is 1. The summed E-state index contributed by atoms with van der Waals surface area (Å²) in [6.07, 6.45) is -5.01. The highest BCUT2D eigenvalue weighted by Gasteiger charge is 2.47. The van der Waals surface area contributed by atoms with Crippen LogP contribution in [0.25, 0.3) is 0 Å². The summed E-state index contributed by atoms with van der Waals surface area (Å²) in [6, 6.07) is 3.10. The molecule has 1 aromatic carbocycles. The average Bonchev–Trinajstić information content (AvgIpc) is 2.15. The molecule has 0 aliphatic heterocycles. The van der Waals surface area contributed by atoms with Crippen LogP contribution in [0.15, 0.2) is 22.7 Å². The summed E-state index contributed by atoms with van der Waals surface area (Å²) in [5, 5.41) is 0. The SMILES string of the molecule is O=C(Cc1cc(F)cc(Br)c1)C(F)(F)C(F)F.